The van der Waals surface area contributed by atoms with Crippen molar-refractivity contribution >= 4 is 33.0 Å². The van der Waals surface area contributed by atoms with Crippen LogP contribution in [0.25, 0.3) is 0 Å². The minimum Gasteiger partial charge on any atom is -0.304 e. The van der Waals surface area contributed by atoms with Crippen molar-refractivity contribution in [3.8, 4) is 0 Å². The van der Waals surface area contributed by atoms with E-state index in [0.717, 1.165) is 17.0 Å². The van der Waals surface area contributed by atoms with Crippen molar-refractivity contribution in [3.05, 3.63) is 95.3 Å². The average molecular weight is 472 g/mol. The summed E-state index contributed by atoms with van der Waals surface area (Å²) in [6.07, 6.45) is 0. The van der Waals surface area contributed by atoms with E-state index in [1.807, 2.05) is 0 Å². The van der Waals surface area contributed by atoms with E-state index in [1.54, 1.807) is 12.1 Å². The molecular formula is C23H15F3N2O4S. The van der Waals surface area contributed by atoms with Gasteiger partial charge in [0.2, 0.25) is 5.91 Å². The third-order valence-electron chi connectivity index (χ3n) is 5.87. The first-order chi connectivity index (χ1) is 15.7. The highest BCUT2D eigenvalue weighted by molar-refractivity contribution is 7.94. The molecule has 2 heterocycles. The number of anilines is 2. The zero-order valence-electron chi connectivity index (χ0n) is 16.8. The molecule has 0 saturated carbocycles. The smallest absolute Gasteiger partial charge is 0.274 e. The van der Waals surface area contributed by atoms with Crippen molar-refractivity contribution < 1.29 is 31.2 Å². The molecule has 33 heavy (non-hydrogen) atoms. The Hall–Kier alpha value is -3.66. The van der Waals surface area contributed by atoms with E-state index >= 15 is 0 Å². The maximum absolute atomic E-state index is 14.4. The van der Waals surface area contributed by atoms with Gasteiger partial charge in [0, 0.05) is 22.9 Å². The first-order valence-electron chi connectivity index (χ1n) is 9.84. The van der Waals surface area contributed by atoms with Gasteiger partial charge in [-0.05, 0) is 24.3 Å². The number of rotatable bonds is 3. The van der Waals surface area contributed by atoms with E-state index in [1.165, 1.54) is 36.4 Å². The molecule has 0 bridgehead atoms. The summed E-state index contributed by atoms with van der Waals surface area (Å²) in [6.45, 7) is -0.292. The van der Waals surface area contributed by atoms with Gasteiger partial charge in [-0.15, -0.1) is 0 Å². The molecule has 10 heteroatoms. The van der Waals surface area contributed by atoms with Crippen LogP contribution in [0.4, 0.5) is 24.5 Å². The van der Waals surface area contributed by atoms with Crippen LogP contribution >= 0.6 is 0 Å². The second kappa shape index (κ2) is 7.17. The summed E-state index contributed by atoms with van der Waals surface area (Å²) in [6, 6.07) is 14.1. The van der Waals surface area contributed by atoms with Crippen molar-refractivity contribution in [2.24, 2.45) is 0 Å². The number of hydrogen-bond acceptors (Lipinski definition) is 4. The van der Waals surface area contributed by atoms with Gasteiger partial charge < -0.3 is 4.90 Å². The molecule has 1 fully saturated rings. The van der Waals surface area contributed by atoms with Crippen LogP contribution in [-0.4, -0.2) is 26.0 Å². The van der Waals surface area contributed by atoms with E-state index in [9.17, 15) is 31.2 Å². The molecular weight excluding hydrogens is 457 g/mol. The second-order valence-corrected chi connectivity index (χ2v) is 9.84. The Morgan fingerprint density at radius 2 is 1.55 bits per heavy atom. The molecule has 2 amide bonds. The molecule has 5 rings (SSSR count). The molecule has 1 spiro atoms. The maximum atomic E-state index is 14.4. The van der Waals surface area contributed by atoms with Crippen molar-refractivity contribution in [1.82, 2.24) is 0 Å². The van der Waals surface area contributed by atoms with E-state index in [-0.39, 0.29) is 29.0 Å². The molecule has 6 nitrogen and oxygen atoms in total. The summed E-state index contributed by atoms with van der Waals surface area (Å²) in [5, 5.41) is 0. The Bertz CT molecular complexity index is 1440. The van der Waals surface area contributed by atoms with Crippen LogP contribution < -0.4 is 9.80 Å². The van der Waals surface area contributed by atoms with Crippen LogP contribution in [0.15, 0.2) is 66.7 Å². The normalized spacial score (nSPS) is 21.2. The zero-order chi connectivity index (χ0) is 23.5. The monoisotopic (exact) mass is 472 g/mol. The van der Waals surface area contributed by atoms with Crippen molar-refractivity contribution in [2.75, 3.05) is 15.6 Å². The lowest BCUT2D eigenvalue weighted by Gasteiger charge is -2.32. The van der Waals surface area contributed by atoms with Gasteiger partial charge in [0.05, 0.1) is 12.2 Å². The standard InChI is InChI=1S/C23H15F3N2O4S/c24-17-7-3-1-5-14(17)12-27-20-8-4-2-6-16(20)23(22(27)30)28(21(29)13-33(23,31)32)15-9-10-18(25)19(26)11-15/h1-11H,12-13H2. The Morgan fingerprint density at radius 3 is 2.27 bits per heavy atom. The first-order valence-corrected chi connectivity index (χ1v) is 11.5. The number of amides is 2. The van der Waals surface area contributed by atoms with Gasteiger partial charge in [-0.25, -0.2) is 21.6 Å². The number of para-hydroxylation sites is 1. The summed E-state index contributed by atoms with van der Waals surface area (Å²) in [5.74, 6) is -6.05. The molecule has 1 saturated heterocycles. The predicted octanol–water partition coefficient (Wildman–Crippen LogP) is 3.27. The lowest BCUT2D eigenvalue weighted by atomic mass is 10.0. The van der Waals surface area contributed by atoms with Gasteiger partial charge in [0.15, 0.2) is 21.5 Å². The van der Waals surface area contributed by atoms with Gasteiger partial charge in [-0.3, -0.25) is 14.5 Å². The minimum atomic E-state index is -4.48. The molecule has 3 aromatic carbocycles. The van der Waals surface area contributed by atoms with E-state index in [4.69, 9.17) is 0 Å². The Balaban J connectivity index is 1.75. The summed E-state index contributed by atoms with van der Waals surface area (Å²) in [5.41, 5.74) is 0.0215. The predicted molar refractivity (Wildman–Crippen MR) is 113 cm³/mol. The topological polar surface area (TPSA) is 74.8 Å². The van der Waals surface area contributed by atoms with Gasteiger partial charge in [-0.2, -0.15) is 0 Å². The molecule has 2 aliphatic heterocycles. The van der Waals surface area contributed by atoms with Gasteiger partial charge in [0.25, 0.3) is 10.8 Å². The fourth-order valence-corrected chi connectivity index (χ4v) is 6.50. The fourth-order valence-electron chi connectivity index (χ4n) is 4.47. The number of halogens is 3. The third-order valence-corrected chi connectivity index (χ3v) is 7.97. The number of sulfone groups is 1. The SMILES string of the molecule is O=C1CS(=O)(=O)C2(C(=O)N(Cc3ccccc3F)c3ccccc32)N1c1ccc(F)c(F)c1. The Morgan fingerprint density at radius 1 is 0.848 bits per heavy atom. The lowest BCUT2D eigenvalue weighted by molar-refractivity contribution is -0.123. The minimum absolute atomic E-state index is 0.0121. The van der Waals surface area contributed by atoms with Crippen LogP contribution in [0.3, 0.4) is 0 Å². The number of hydrogen-bond donors (Lipinski definition) is 0. The number of benzene rings is 3. The highest BCUT2D eigenvalue weighted by atomic mass is 32.2. The highest BCUT2D eigenvalue weighted by Crippen LogP contribution is 2.52. The van der Waals surface area contributed by atoms with Crippen LogP contribution in [0.2, 0.25) is 0 Å². The molecule has 2 aliphatic rings. The van der Waals surface area contributed by atoms with Crippen molar-refractivity contribution in [2.45, 2.75) is 11.4 Å². The molecule has 3 aromatic rings. The maximum Gasteiger partial charge on any atom is 0.274 e. The first kappa shape index (κ1) is 21.2. The molecule has 168 valence electrons. The zero-order valence-corrected chi connectivity index (χ0v) is 17.7. The summed E-state index contributed by atoms with van der Waals surface area (Å²) >= 11 is 0. The highest BCUT2D eigenvalue weighted by Gasteiger charge is 2.69. The number of carbonyl (C=O) groups excluding carboxylic acids is 2. The quantitative estimate of drug-likeness (QED) is 0.587. The molecule has 0 radical (unpaired) electrons. The van der Waals surface area contributed by atoms with Gasteiger partial charge in [0.1, 0.15) is 11.6 Å². The summed E-state index contributed by atoms with van der Waals surface area (Å²) in [4.78, 5) is 26.1. The molecule has 1 atom stereocenters. The van der Waals surface area contributed by atoms with Crippen LogP contribution in [0, 0.1) is 17.5 Å². The van der Waals surface area contributed by atoms with Gasteiger partial charge >= 0.3 is 0 Å². The number of carbonyl (C=O) groups is 2. The summed E-state index contributed by atoms with van der Waals surface area (Å²) < 4.78 is 68.8. The molecule has 0 aliphatic carbocycles. The molecule has 1 unspecified atom stereocenters. The average Bonchev–Trinajstić information content (AvgIpc) is 3.14. The Labute approximate surface area is 186 Å². The van der Waals surface area contributed by atoms with Crippen LogP contribution in [-0.2, 0) is 30.8 Å². The lowest BCUT2D eigenvalue weighted by Crippen LogP contribution is -2.54. The molecule has 0 aromatic heterocycles. The largest absolute Gasteiger partial charge is 0.304 e. The van der Waals surface area contributed by atoms with Crippen LogP contribution in [0.5, 0.6) is 0 Å². The molecule has 0 N–H and O–H groups in total. The Kier molecular flexibility index (Phi) is 4.61. The van der Waals surface area contributed by atoms with E-state index in [0.29, 0.717) is 11.0 Å². The number of fused-ring (bicyclic) bond motifs is 2. The second-order valence-electron chi connectivity index (χ2n) is 7.73. The summed E-state index contributed by atoms with van der Waals surface area (Å²) in [7, 11) is -4.48. The van der Waals surface area contributed by atoms with E-state index < -0.39 is 49.7 Å². The third kappa shape index (κ3) is 2.83. The van der Waals surface area contributed by atoms with E-state index in [2.05, 4.69) is 0 Å². The van der Waals surface area contributed by atoms with Gasteiger partial charge in [-0.1, -0.05) is 36.4 Å². The van der Waals surface area contributed by atoms with Crippen LogP contribution in [0.1, 0.15) is 11.1 Å². The fraction of sp³-hybridized carbons (Fsp3) is 0.130. The number of nitrogens with zero attached hydrogens (tertiary/aromatic N) is 2. The van der Waals surface area contributed by atoms with Crippen molar-refractivity contribution in [3.63, 3.8) is 0 Å². The van der Waals surface area contributed by atoms with Crippen molar-refractivity contribution in [1.29, 1.82) is 0 Å².